The van der Waals surface area contributed by atoms with Gasteiger partial charge in [-0.05, 0) is 13.3 Å². The Hall–Kier alpha value is -1.52. The third-order valence-electron chi connectivity index (χ3n) is 1.46. The van der Waals surface area contributed by atoms with E-state index in [2.05, 4.69) is 10.6 Å². The summed E-state index contributed by atoms with van der Waals surface area (Å²) in [4.78, 5) is 21.0. The minimum Gasteiger partial charge on any atom is -0.481 e. The maximum atomic E-state index is 10.9. The molecule has 0 bridgehead atoms. The summed E-state index contributed by atoms with van der Waals surface area (Å²) >= 11 is 0. The largest absolute Gasteiger partial charge is 0.481 e. The van der Waals surface area contributed by atoms with Crippen molar-refractivity contribution in [3.63, 3.8) is 0 Å². The van der Waals surface area contributed by atoms with E-state index < -0.39 is 5.97 Å². The molecule has 0 saturated heterocycles. The highest BCUT2D eigenvalue weighted by molar-refractivity contribution is 5.74. The molecule has 14 heavy (non-hydrogen) atoms. The lowest BCUT2D eigenvalue weighted by Crippen LogP contribution is -2.36. The van der Waals surface area contributed by atoms with Crippen LogP contribution in [0.4, 0.5) is 4.79 Å². The molecule has 3 N–H and O–H groups in total. The molecule has 0 heterocycles. The molecule has 0 atom stereocenters. The Morgan fingerprint density at radius 2 is 1.93 bits per heavy atom. The van der Waals surface area contributed by atoms with Gasteiger partial charge in [0.1, 0.15) is 0 Å². The number of amides is 2. The van der Waals surface area contributed by atoms with Gasteiger partial charge in [0.2, 0.25) is 0 Å². The van der Waals surface area contributed by atoms with Gasteiger partial charge in [-0.1, -0.05) is 12.2 Å². The predicted molar refractivity (Wildman–Crippen MR) is 53.1 cm³/mol. The van der Waals surface area contributed by atoms with Gasteiger partial charge < -0.3 is 15.7 Å². The Labute approximate surface area is 83.2 Å². The SMILES string of the molecule is C/C=C/CCNC(=O)NCCC(=O)O. The predicted octanol–water partition coefficient (Wildman–Crippen LogP) is 0.726. The summed E-state index contributed by atoms with van der Waals surface area (Å²) in [5.74, 6) is -0.917. The number of carbonyl (C=O) groups excluding carboxylic acids is 1. The average molecular weight is 200 g/mol. The van der Waals surface area contributed by atoms with Crippen molar-refractivity contribution >= 4 is 12.0 Å². The van der Waals surface area contributed by atoms with Crippen molar-refractivity contribution in [2.45, 2.75) is 19.8 Å². The molecule has 0 saturated carbocycles. The summed E-state index contributed by atoms with van der Waals surface area (Å²) in [6.45, 7) is 2.63. The van der Waals surface area contributed by atoms with Gasteiger partial charge in [0, 0.05) is 13.1 Å². The molecule has 0 aromatic carbocycles. The number of rotatable bonds is 6. The average Bonchev–Trinajstić information content (AvgIpc) is 2.12. The van der Waals surface area contributed by atoms with Crippen LogP contribution in [-0.2, 0) is 4.79 Å². The number of carbonyl (C=O) groups is 2. The monoisotopic (exact) mass is 200 g/mol. The first-order valence-corrected chi connectivity index (χ1v) is 4.51. The van der Waals surface area contributed by atoms with Crippen LogP contribution in [0.15, 0.2) is 12.2 Å². The number of nitrogens with one attached hydrogen (secondary N) is 2. The van der Waals surface area contributed by atoms with Gasteiger partial charge in [-0.3, -0.25) is 4.79 Å². The van der Waals surface area contributed by atoms with Crippen molar-refractivity contribution < 1.29 is 14.7 Å². The number of allylic oxidation sites excluding steroid dienone is 1. The third kappa shape index (κ3) is 8.58. The van der Waals surface area contributed by atoms with Crippen LogP contribution in [0.3, 0.4) is 0 Å². The van der Waals surface area contributed by atoms with E-state index in [9.17, 15) is 9.59 Å². The van der Waals surface area contributed by atoms with Gasteiger partial charge >= 0.3 is 12.0 Å². The molecular formula is C9H16N2O3. The molecule has 0 aromatic rings. The van der Waals surface area contributed by atoms with Crippen LogP contribution in [0.1, 0.15) is 19.8 Å². The second kappa shape index (κ2) is 8.10. The van der Waals surface area contributed by atoms with E-state index >= 15 is 0 Å². The molecule has 0 aliphatic carbocycles. The molecule has 5 heteroatoms. The van der Waals surface area contributed by atoms with Gasteiger partial charge in [-0.15, -0.1) is 0 Å². The Bertz CT molecular complexity index is 214. The van der Waals surface area contributed by atoms with Gasteiger partial charge in [0.15, 0.2) is 0 Å². The quantitative estimate of drug-likeness (QED) is 0.437. The standard InChI is InChI=1S/C9H16N2O3/c1-2-3-4-6-10-9(14)11-7-5-8(12)13/h2-3H,4-7H2,1H3,(H,12,13)(H2,10,11,14)/b3-2+. The fourth-order valence-electron chi connectivity index (χ4n) is 0.781. The molecular weight excluding hydrogens is 184 g/mol. The number of urea groups is 1. The summed E-state index contributed by atoms with van der Waals surface area (Å²) in [6.07, 6.45) is 4.58. The number of aliphatic carboxylic acids is 1. The fourth-order valence-corrected chi connectivity index (χ4v) is 0.781. The molecule has 0 unspecified atom stereocenters. The molecule has 5 nitrogen and oxygen atoms in total. The maximum absolute atomic E-state index is 10.9. The first-order valence-electron chi connectivity index (χ1n) is 4.51. The molecule has 0 aliphatic heterocycles. The smallest absolute Gasteiger partial charge is 0.314 e. The highest BCUT2D eigenvalue weighted by atomic mass is 16.4. The molecule has 0 rings (SSSR count). The summed E-state index contributed by atoms with van der Waals surface area (Å²) in [7, 11) is 0. The zero-order chi connectivity index (χ0) is 10.8. The summed E-state index contributed by atoms with van der Waals surface area (Å²) in [6, 6.07) is -0.323. The van der Waals surface area contributed by atoms with Crippen LogP contribution in [-0.4, -0.2) is 30.2 Å². The van der Waals surface area contributed by atoms with Crippen molar-refractivity contribution in [1.29, 1.82) is 0 Å². The van der Waals surface area contributed by atoms with Gasteiger partial charge in [-0.25, -0.2) is 4.79 Å². The summed E-state index contributed by atoms with van der Waals surface area (Å²) < 4.78 is 0. The van der Waals surface area contributed by atoms with Crippen LogP contribution < -0.4 is 10.6 Å². The highest BCUT2D eigenvalue weighted by Crippen LogP contribution is 1.80. The lowest BCUT2D eigenvalue weighted by atomic mass is 10.4. The fraction of sp³-hybridized carbons (Fsp3) is 0.556. The van der Waals surface area contributed by atoms with Gasteiger partial charge in [0.25, 0.3) is 0 Å². The topological polar surface area (TPSA) is 78.4 Å². The van der Waals surface area contributed by atoms with E-state index in [1.54, 1.807) is 0 Å². The summed E-state index contributed by atoms with van der Waals surface area (Å²) in [5, 5.41) is 13.3. The Balaban J connectivity index is 3.32. The molecule has 80 valence electrons. The van der Waals surface area contributed by atoms with E-state index in [0.717, 1.165) is 6.42 Å². The van der Waals surface area contributed by atoms with Gasteiger partial charge in [0.05, 0.1) is 6.42 Å². The normalized spacial score (nSPS) is 10.1. The minimum absolute atomic E-state index is 0.0533. The van der Waals surface area contributed by atoms with Crippen LogP contribution in [0.25, 0.3) is 0 Å². The molecule has 0 fully saturated rings. The number of hydrogen-bond acceptors (Lipinski definition) is 2. The second-order valence-corrected chi connectivity index (χ2v) is 2.68. The van der Waals surface area contributed by atoms with E-state index in [1.807, 2.05) is 19.1 Å². The summed E-state index contributed by atoms with van der Waals surface area (Å²) in [5.41, 5.74) is 0. The van der Waals surface area contributed by atoms with Crippen molar-refractivity contribution in [3.05, 3.63) is 12.2 Å². The van der Waals surface area contributed by atoms with Crippen molar-refractivity contribution in [2.24, 2.45) is 0 Å². The second-order valence-electron chi connectivity index (χ2n) is 2.68. The minimum atomic E-state index is -0.917. The Kier molecular flexibility index (Phi) is 7.22. The van der Waals surface area contributed by atoms with Crippen molar-refractivity contribution in [1.82, 2.24) is 10.6 Å². The first kappa shape index (κ1) is 12.5. The number of hydrogen-bond donors (Lipinski definition) is 3. The zero-order valence-electron chi connectivity index (χ0n) is 8.25. The van der Waals surface area contributed by atoms with Crippen molar-refractivity contribution in [3.8, 4) is 0 Å². The Morgan fingerprint density at radius 1 is 1.29 bits per heavy atom. The zero-order valence-corrected chi connectivity index (χ0v) is 8.25. The molecule has 0 radical (unpaired) electrons. The van der Waals surface area contributed by atoms with E-state index in [-0.39, 0.29) is 19.0 Å². The number of carboxylic acids is 1. The maximum Gasteiger partial charge on any atom is 0.314 e. The van der Waals surface area contributed by atoms with Crippen LogP contribution in [0.5, 0.6) is 0 Å². The van der Waals surface area contributed by atoms with Crippen molar-refractivity contribution in [2.75, 3.05) is 13.1 Å². The molecule has 0 spiro atoms. The first-order chi connectivity index (χ1) is 6.66. The van der Waals surface area contributed by atoms with E-state index in [4.69, 9.17) is 5.11 Å². The van der Waals surface area contributed by atoms with Crippen LogP contribution in [0, 0.1) is 0 Å². The van der Waals surface area contributed by atoms with E-state index in [1.165, 1.54) is 0 Å². The molecule has 0 aromatic heterocycles. The molecule has 0 aliphatic rings. The van der Waals surface area contributed by atoms with Crippen LogP contribution in [0.2, 0.25) is 0 Å². The molecule has 2 amide bonds. The number of carboxylic acid groups (broad SMARTS) is 1. The van der Waals surface area contributed by atoms with E-state index in [0.29, 0.717) is 6.54 Å². The lowest BCUT2D eigenvalue weighted by Gasteiger charge is -2.04. The highest BCUT2D eigenvalue weighted by Gasteiger charge is 1.99. The Morgan fingerprint density at radius 3 is 2.50 bits per heavy atom. The third-order valence-corrected chi connectivity index (χ3v) is 1.46. The lowest BCUT2D eigenvalue weighted by molar-refractivity contribution is -0.136. The van der Waals surface area contributed by atoms with Crippen LogP contribution >= 0.6 is 0 Å². The van der Waals surface area contributed by atoms with Gasteiger partial charge in [-0.2, -0.15) is 0 Å².